The molecule has 0 fully saturated rings. The highest BCUT2D eigenvalue weighted by atomic mass is 16.6. The molecule has 0 aliphatic carbocycles. The van der Waals surface area contributed by atoms with Gasteiger partial charge in [0.05, 0.1) is 0 Å². The Morgan fingerprint density at radius 3 is 0.787 bits per heavy atom. The van der Waals surface area contributed by atoms with Crippen LogP contribution < -0.4 is 0 Å². The summed E-state index contributed by atoms with van der Waals surface area (Å²) in [6.07, 6.45) is 96.9. The topological polar surface area (TPSA) is 78.9 Å². The Morgan fingerprint density at radius 2 is 0.487 bits per heavy atom. The highest BCUT2D eigenvalue weighted by Gasteiger charge is 2.19. The van der Waals surface area contributed by atoms with Crippen LogP contribution in [-0.4, -0.2) is 37.2 Å². The molecule has 0 aliphatic heterocycles. The minimum Gasteiger partial charge on any atom is -0.462 e. The molecule has 6 heteroatoms. The summed E-state index contributed by atoms with van der Waals surface area (Å²) in [5.41, 5.74) is 0. The number of hydrogen-bond donors (Lipinski definition) is 0. The Balaban J connectivity index is 4.30. The van der Waals surface area contributed by atoms with E-state index in [1.54, 1.807) is 0 Å². The first-order valence-corrected chi connectivity index (χ1v) is 32.5. The van der Waals surface area contributed by atoms with E-state index in [0.717, 1.165) is 148 Å². The van der Waals surface area contributed by atoms with Crippen molar-refractivity contribution in [2.75, 3.05) is 13.2 Å². The number of allylic oxidation sites excluding steroid dienone is 26. The fraction of sp³-hybridized carbons (Fsp3) is 0.608. The van der Waals surface area contributed by atoms with Gasteiger partial charge < -0.3 is 14.2 Å². The summed E-state index contributed by atoms with van der Waals surface area (Å²) in [6.45, 7) is 6.32. The van der Waals surface area contributed by atoms with Crippen LogP contribution in [0.4, 0.5) is 0 Å². The third-order valence-electron chi connectivity index (χ3n) is 13.2. The van der Waals surface area contributed by atoms with Crippen LogP contribution >= 0.6 is 0 Å². The van der Waals surface area contributed by atoms with Gasteiger partial charge >= 0.3 is 17.9 Å². The molecule has 0 bridgehead atoms. The maximum absolute atomic E-state index is 12.9. The fourth-order valence-electron chi connectivity index (χ4n) is 8.43. The number of rotatable bonds is 57. The zero-order valence-corrected chi connectivity index (χ0v) is 51.5. The third-order valence-corrected chi connectivity index (χ3v) is 13.2. The highest BCUT2D eigenvalue weighted by Crippen LogP contribution is 2.15. The van der Waals surface area contributed by atoms with Crippen molar-refractivity contribution >= 4 is 17.9 Å². The van der Waals surface area contributed by atoms with Gasteiger partial charge in [0.15, 0.2) is 6.10 Å². The quantitative estimate of drug-likeness (QED) is 0.0261. The lowest BCUT2D eigenvalue weighted by Crippen LogP contribution is -2.30. The SMILES string of the molecule is CC/C=C\C/C=C\C/C=C\C/C=C\C/C=C\C/C=C\C/C=C\CCCCCCCCCCCCCC(=O)OCC(COC(=O)CCCCCCC/C=C\C/C=C\CCCC)OC(=O)CCCC/C=C\C/C=C\C/C=C\C/C=C\CC. The van der Waals surface area contributed by atoms with Crippen molar-refractivity contribution in [3.05, 3.63) is 158 Å². The highest BCUT2D eigenvalue weighted by molar-refractivity contribution is 5.71. The molecule has 0 amide bonds. The smallest absolute Gasteiger partial charge is 0.306 e. The minimum atomic E-state index is -0.814. The average molecular weight is 1100 g/mol. The first kappa shape index (κ1) is 75.0. The summed E-state index contributed by atoms with van der Waals surface area (Å²) < 4.78 is 16.9. The van der Waals surface area contributed by atoms with Crippen molar-refractivity contribution in [3.63, 3.8) is 0 Å². The number of unbranched alkanes of at least 4 members (excludes halogenated alkanes) is 20. The monoisotopic (exact) mass is 1100 g/mol. The summed E-state index contributed by atoms with van der Waals surface area (Å²) in [6, 6.07) is 0. The van der Waals surface area contributed by atoms with Gasteiger partial charge in [-0.1, -0.05) is 269 Å². The molecule has 1 unspecified atom stereocenters. The predicted octanol–water partition coefficient (Wildman–Crippen LogP) is 22.5. The Hall–Kier alpha value is -4.97. The van der Waals surface area contributed by atoms with E-state index >= 15 is 0 Å². The molecular formula is C74H118O6. The standard InChI is InChI=1S/C74H118O6/c1-4-7-10-13-16-19-22-25-28-29-30-31-32-33-34-35-36-37-38-39-40-41-42-43-44-45-47-49-52-55-58-61-64-67-73(76)79-70-71(69-78-72(75)66-63-60-57-54-51-48-27-24-21-18-15-12-9-6-3)80-74(77)68-65-62-59-56-53-50-46-26-23-20-17-14-11-8-5-2/h7-8,10-11,15-20,24-28,30-31,33-34,36-37,39-40,46,53,56,71H,4-6,9,12-14,21-23,29,32,35,38,41-45,47-52,54-55,57-70H2,1-3H3/b10-7-,11-8-,18-15-,19-16-,20-17-,27-24-,28-25-,31-30-,34-33-,37-36-,40-39-,46-26-,56-53-. The zero-order valence-electron chi connectivity index (χ0n) is 51.5. The van der Waals surface area contributed by atoms with Gasteiger partial charge in [-0.25, -0.2) is 0 Å². The van der Waals surface area contributed by atoms with E-state index in [9.17, 15) is 14.4 Å². The number of ether oxygens (including phenoxy) is 3. The zero-order chi connectivity index (χ0) is 57.8. The Morgan fingerprint density at radius 1 is 0.263 bits per heavy atom. The van der Waals surface area contributed by atoms with Crippen molar-refractivity contribution < 1.29 is 28.6 Å². The lowest BCUT2D eigenvalue weighted by atomic mass is 10.0. The normalized spacial score (nSPS) is 13.2. The molecule has 0 aliphatic rings. The first-order valence-electron chi connectivity index (χ1n) is 32.5. The molecule has 0 rings (SSSR count). The van der Waals surface area contributed by atoms with E-state index in [-0.39, 0.29) is 37.5 Å². The van der Waals surface area contributed by atoms with Crippen LogP contribution in [0.3, 0.4) is 0 Å². The number of esters is 3. The largest absolute Gasteiger partial charge is 0.462 e. The van der Waals surface area contributed by atoms with E-state index in [1.807, 2.05) is 0 Å². The summed E-state index contributed by atoms with van der Waals surface area (Å²) in [4.78, 5) is 38.3. The van der Waals surface area contributed by atoms with Crippen molar-refractivity contribution in [1.29, 1.82) is 0 Å². The second-order valence-corrected chi connectivity index (χ2v) is 20.9. The Bertz CT molecular complexity index is 1790. The van der Waals surface area contributed by atoms with E-state index in [0.29, 0.717) is 19.3 Å². The molecule has 6 nitrogen and oxygen atoms in total. The summed E-state index contributed by atoms with van der Waals surface area (Å²) >= 11 is 0. The lowest BCUT2D eigenvalue weighted by molar-refractivity contribution is -0.167. The van der Waals surface area contributed by atoms with Crippen molar-refractivity contribution in [2.45, 2.75) is 277 Å². The molecule has 0 saturated carbocycles. The molecule has 0 aromatic carbocycles. The van der Waals surface area contributed by atoms with Gasteiger partial charge in [0.2, 0.25) is 0 Å². The van der Waals surface area contributed by atoms with Gasteiger partial charge in [0, 0.05) is 19.3 Å². The summed E-state index contributed by atoms with van der Waals surface area (Å²) in [5, 5.41) is 0. The Labute approximate surface area is 492 Å². The Kier molecular flexibility index (Phi) is 62.4. The van der Waals surface area contributed by atoms with Gasteiger partial charge in [-0.2, -0.15) is 0 Å². The molecular weight excluding hydrogens is 985 g/mol. The van der Waals surface area contributed by atoms with Gasteiger partial charge in [0.25, 0.3) is 0 Å². The molecule has 0 heterocycles. The van der Waals surface area contributed by atoms with Crippen molar-refractivity contribution in [2.24, 2.45) is 0 Å². The van der Waals surface area contributed by atoms with Crippen LogP contribution in [0, 0.1) is 0 Å². The molecule has 0 N–H and O–H groups in total. The molecule has 1 atom stereocenters. The van der Waals surface area contributed by atoms with Crippen LogP contribution in [0.1, 0.15) is 271 Å². The molecule has 0 spiro atoms. The van der Waals surface area contributed by atoms with Crippen LogP contribution in [0.2, 0.25) is 0 Å². The maximum Gasteiger partial charge on any atom is 0.306 e. The second-order valence-electron chi connectivity index (χ2n) is 20.9. The molecule has 0 saturated heterocycles. The first-order chi connectivity index (χ1) is 39.5. The van der Waals surface area contributed by atoms with Crippen molar-refractivity contribution in [1.82, 2.24) is 0 Å². The fourth-order valence-corrected chi connectivity index (χ4v) is 8.43. The van der Waals surface area contributed by atoms with Crippen LogP contribution in [-0.2, 0) is 28.6 Å². The summed E-state index contributed by atoms with van der Waals surface area (Å²) in [5.74, 6) is -0.968. The van der Waals surface area contributed by atoms with Gasteiger partial charge in [0.1, 0.15) is 13.2 Å². The van der Waals surface area contributed by atoms with Gasteiger partial charge in [-0.15, -0.1) is 0 Å². The molecule has 0 aromatic heterocycles. The van der Waals surface area contributed by atoms with Crippen molar-refractivity contribution in [3.8, 4) is 0 Å². The maximum atomic E-state index is 12.9. The average Bonchev–Trinajstić information content (AvgIpc) is 3.46. The predicted molar refractivity (Wildman–Crippen MR) is 348 cm³/mol. The number of carbonyl (C=O) groups excluding carboxylic acids is 3. The van der Waals surface area contributed by atoms with E-state index < -0.39 is 6.10 Å². The number of hydrogen-bond acceptors (Lipinski definition) is 6. The third kappa shape index (κ3) is 63.9. The van der Waals surface area contributed by atoms with Gasteiger partial charge in [-0.3, -0.25) is 14.4 Å². The van der Waals surface area contributed by atoms with E-state index in [4.69, 9.17) is 14.2 Å². The van der Waals surface area contributed by atoms with Crippen LogP contribution in [0.25, 0.3) is 0 Å². The molecule has 80 heavy (non-hydrogen) atoms. The van der Waals surface area contributed by atoms with Crippen LogP contribution in [0.5, 0.6) is 0 Å². The molecule has 450 valence electrons. The second kappa shape index (κ2) is 66.5. The van der Waals surface area contributed by atoms with Crippen LogP contribution in [0.15, 0.2) is 158 Å². The molecule has 0 radical (unpaired) electrons. The van der Waals surface area contributed by atoms with E-state index in [2.05, 4.69) is 179 Å². The number of carbonyl (C=O) groups is 3. The van der Waals surface area contributed by atoms with Gasteiger partial charge in [-0.05, 0) is 141 Å². The van der Waals surface area contributed by atoms with E-state index in [1.165, 1.54) is 77.0 Å². The lowest BCUT2D eigenvalue weighted by Gasteiger charge is -2.18. The molecule has 0 aromatic rings. The minimum absolute atomic E-state index is 0.106. The summed E-state index contributed by atoms with van der Waals surface area (Å²) in [7, 11) is 0.